The summed E-state index contributed by atoms with van der Waals surface area (Å²) in [6.45, 7) is 2.49. The molecular weight excluding hydrogens is 340 g/mol. The minimum absolute atomic E-state index is 0.436. The number of aromatic amines is 1. The first-order valence-corrected chi connectivity index (χ1v) is 9.65. The van der Waals surface area contributed by atoms with Crippen LogP contribution < -0.4 is 10.2 Å². The molecule has 0 spiro atoms. The molecule has 0 atom stereocenters. The van der Waals surface area contributed by atoms with Crippen molar-refractivity contribution in [2.45, 2.75) is 31.2 Å². The number of nitrogens with one attached hydrogen (secondary N) is 2. The molecule has 0 amide bonds. The van der Waals surface area contributed by atoms with E-state index in [1.54, 1.807) is 24.4 Å². The number of anilines is 1. The maximum Gasteiger partial charge on any atom is 0.240 e. The summed E-state index contributed by atoms with van der Waals surface area (Å²) in [6, 6.07) is 0.436. The molecule has 25 heavy (non-hydrogen) atoms. The molecule has 0 aliphatic carbocycles. The van der Waals surface area contributed by atoms with Crippen LogP contribution >= 0.6 is 11.8 Å². The fourth-order valence-electron chi connectivity index (χ4n) is 3.07. The highest BCUT2D eigenvalue weighted by Crippen LogP contribution is 2.23. The van der Waals surface area contributed by atoms with Gasteiger partial charge in [-0.05, 0) is 19.1 Å². The van der Waals surface area contributed by atoms with Gasteiger partial charge in [-0.3, -0.25) is 0 Å². The topological polar surface area (TPSA) is 109 Å². The van der Waals surface area contributed by atoms with Crippen molar-refractivity contribution in [3.05, 3.63) is 24.4 Å². The first kappa shape index (κ1) is 16.3. The maximum absolute atomic E-state index is 5.26. The molecule has 1 aliphatic rings. The van der Waals surface area contributed by atoms with E-state index in [1.165, 1.54) is 0 Å². The first-order chi connectivity index (χ1) is 12.3. The van der Waals surface area contributed by atoms with Gasteiger partial charge in [0, 0.05) is 19.1 Å². The lowest BCUT2D eigenvalue weighted by atomic mass is 10.1. The van der Waals surface area contributed by atoms with Crippen molar-refractivity contribution < 1.29 is 4.52 Å². The van der Waals surface area contributed by atoms with E-state index >= 15 is 0 Å². The van der Waals surface area contributed by atoms with E-state index in [0.717, 1.165) is 48.8 Å². The van der Waals surface area contributed by atoms with Gasteiger partial charge in [-0.1, -0.05) is 5.16 Å². The number of thioether (sulfide) groups is 1. The van der Waals surface area contributed by atoms with Crippen molar-refractivity contribution in [3.63, 3.8) is 0 Å². The number of piperidine rings is 1. The van der Waals surface area contributed by atoms with Gasteiger partial charge in [0.2, 0.25) is 5.89 Å². The molecular formula is C15H20N8OS. The molecule has 1 aliphatic heterocycles. The molecule has 0 aromatic carbocycles. The summed E-state index contributed by atoms with van der Waals surface area (Å²) < 4.78 is 5.26. The maximum atomic E-state index is 5.26. The Hall–Kier alpha value is -2.20. The molecule has 0 radical (unpaired) electrons. The minimum Gasteiger partial charge on any atom is -0.355 e. The van der Waals surface area contributed by atoms with Crippen molar-refractivity contribution in [2.75, 3.05) is 24.2 Å². The normalized spacial score (nSPS) is 16.0. The van der Waals surface area contributed by atoms with Gasteiger partial charge in [-0.2, -0.15) is 16.7 Å². The zero-order valence-electron chi connectivity index (χ0n) is 14.0. The highest BCUT2D eigenvalue weighted by atomic mass is 32.2. The average molecular weight is 360 g/mol. The van der Waals surface area contributed by atoms with Crippen LogP contribution in [0, 0.1) is 0 Å². The molecule has 1 fully saturated rings. The van der Waals surface area contributed by atoms with Gasteiger partial charge in [0.05, 0.1) is 18.6 Å². The molecule has 2 N–H and O–H groups in total. The van der Waals surface area contributed by atoms with Crippen LogP contribution in [0.1, 0.15) is 24.6 Å². The van der Waals surface area contributed by atoms with Crippen molar-refractivity contribution in [1.29, 1.82) is 0 Å². The lowest BCUT2D eigenvalue weighted by Crippen LogP contribution is -2.42. The number of imidazole rings is 1. The third-order valence-electron chi connectivity index (χ3n) is 4.32. The van der Waals surface area contributed by atoms with E-state index in [4.69, 9.17) is 4.52 Å². The Labute approximate surface area is 149 Å². The Morgan fingerprint density at radius 2 is 2.20 bits per heavy atom. The summed E-state index contributed by atoms with van der Waals surface area (Å²) in [5.74, 6) is 3.12. The number of hydrogen-bond acceptors (Lipinski definition) is 9. The van der Waals surface area contributed by atoms with Crippen molar-refractivity contribution in [2.24, 2.45) is 0 Å². The lowest BCUT2D eigenvalue weighted by molar-refractivity contribution is 0.339. The van der Waals surface area contributed by atoms with Crippen LogP contribution in [-0.4, -0.2) is 55.5 Å². The molecule has 4 rings (SSSR count). The predicted molar refractivity (Wildman–Crippen MR) is 95.3 cm³/mol. The molecule has 132 valence electrons. The van der Waals surface area contributed by atoms with Crippen LogP contribution in [0.3, 0.4) is 0 Å². The zero-order valence-corrected chi connectivity index (χ0v) is 14.8. The minimum atomic E-state index is 0.436. The Morgan fingerprint density at radius 3 is 3.04 bits per heavy atom. The first-order valence-electron chi connectivity index (χ1n) is 8.26. The highest BCUT2D eigenvalue weighted by Gasteiger charge is 2.22. The monoisotopic (exact) mass is 360 g/mol. The van der Waals surface area contributed by atoms with Crippen molar-refractivity contribution >= 4 is 28.7 Å². The Kier molecular flexibility index (Phi) is 4.79. The second kappa shape index (κ2) is 7.36. The van der Waals surface area contributed by atoms with Gasteiger partial charge in [-0.15, -0.1) is 0 Å². The molecule has 10 heteroatoms. The largest absolute Gasteiger partial charge is 0.355 e. The SMILES string of the molecule is CSCc1noc(CNC2CCN(c3ncnc4nc[nH]c34)CC2)n1. The third-order valence-corrected chi connectivity index (χ3v) is 4.87. The summed E-state index contributed by atoms with van der Waals surface area (Å²) in [7, 11) is 0. The van der Waals surface area contributed by atoms with E-state index in [-0.39, 0.29) is 0 Å². The van der Waals surface area contributed by atoms with Crippen LogP contribution in [0.25, 0.3) is 11.2 Å². The lowest BCUT2D eigenvalue weighted by Gasteiger charge is -2.33. The molecule has 0 unspecified atom stereocenters. The van der Waals surface area contributed by atoms with Gasteiger partial charge in [-0.25, -0.2) is 15.0 Å². The number of rotatable bonds is 6. The zero-order chi connectivity index (χ0) is 17.1. The summed E-state index contributed by atoms with van der Waals surface area (Å²) in [4.78, 5) is 22.6. The quantitative estimate of drug-likeness (QED) is 0.673. The van der Waals surface area contributed by atoms with Gasteiger partial charge < -0.3 is 19.7 Å². The number of hydrogen-bond donors (Lipinski definition) is 2. The van der Waals surface area contributed by atoms with Gasteiger partial charge in [0.1, 0.15) is 11.8 Å². The molecule has 0 saturated carbocycles. The summed E-state index contributed by atoms with van der Waals surface area (Å²) >= 11 is 1.69. The van der Waals surface area contributed by atoms with Gasteiger partial charge >= 0.3 is 0 Å². The Morgan fingerprint density at radius 1 is 1.32 bits per heavy atom. The second-order valence-corrected chi connectivity index (χ2v) is 6.84. The van der Waals surface area contributed by atoms with Crippen LogP contribution in [-0.2, 0) is 12.3 Å². The number of H-pyrrole nitrogens is 1. The predicted octanol–water partition coefficient (Wildman–Crippen LogP) is 1.36. The average Bonchev–Trinajstić information content (AvgIpc) is 3.29. The van der Waals surface area contributed by atoms with E-state index in [9.17, 15) is 0 Å². The van der Waals surface area contributed by atoms with Crippen LogP contribution in [0.2, 0.25) is 0 Å². The third kappa shape index (κ3) is 3.59. The molecule has 9 nitrogen and oxygen atoms in total. The second-order valence-electron chi connectivity index (χ2n) is 5.98. The highest BCUT2D eigenvalue weighted by molar-refractivity contribution is 7.97. The van der Waals surface area contributed by atoms with Crippen molar-refractivity contribution in [3.8, 4) is 0 Å². The van der Waals surface area contributed by atoms with Crippen molar-refractivity contribution in [1.82, 2.24) is 35.4 Å². The van der Waals surface area contributed by atoms with E-state index in [1.807, 2.05) is 6.26 Å². The Bertz CT molecular complexity index is 826. The van der Waals surface area contributed by atoms with Gasteiger partial charge in [0.25, 0.3) is 0 Å². The summed E-state index contributed by atoms with van der Waals surface area (Å²) in [5, 5.41) is 7.48. The number of nitrogens with zero attached hydrogens (tertiary/aromatic N) is 6. The van der Waals surface area contributed by atoms with Crippen LogP contribution in [0.15, 0.2) is 17.2 Å². The molecule has 0 bridgehead atoms. The molecule has 1 saturated heterocycles. The fraction of sp³-hybridized carbons (Fsp3) is 0.533. The van der Waals surface area contributed by atoms with Crippen LogP contribution in [0.4, 0.5) is 5.82 Å². The molecule has 3 aromatic heterocycles. The van der Waals surface area contributed by atoms with Crippen LogP contribution in [0.5, 0.6) is 0 Å². The molecule has 4 heterocycles. The molecule has 3 aromatic rings. The number of aromatic nitrogens is 6. The fourth-order valence-corrected chi connectivity index (χ4v) is 3.44. The van der Waals surface area contributed by atoms with E-state index < -0.39 is 0 Å². The number of fused-ring (bicyclic) bond motifs is 1. The Balaban J connectivity index is 1.31. The van der Waals surface area contributed by atoms with E-state index in [2.05, 4.69) is 40.3 Å². The van der Waals surface area contributed by atoms with Gasteiger partial charge in [0.15, 0.2) is 17.3 Å². The summed E-state index contributed by atoms with van der Waals surface area (Å²) in [5.41, 5.74) is 1.61. The van der Waals surface area contributed by atoms with E-state index in [0.29, 0.717) is 24.1 Å². The summed E-state index contributed by atoms with van der Waals surface area (Å²) in [6.07, 6.45) is 7.32. The standard InChI is InChI=1S/C15H20N8OS/c1-25-7-11-21-12(24-22-11)6-16-10-2-4-23(5-3-10)15-13-14(18-8-17-13)19-9-20-15/h8-10,16H,2-7H2,1H3,(H,17,18,19,20). The smallest absolute Gasteiger partial charge is 0.240 e.